The molecule has 0 aliphatic rings. The van der Waals surface area contributed by atoms with Gasteiger partial charge in [0.05, 0.1) is 0 Å². The molecule has 0 spiro atoms. The molecule has 0 radical (unpaired) electrons. The van der Waals surface area contributed by atoms with Crippen LogP contribution in [0.4, 0.5) is 0 Å². The molecule has 1 heteroatoms. The van der Waals surface area contributed by atoms with E-state index < -0.39 is 0 Å². The van der Waals surface area contributed by atoms with Crippen LogP contribution in [0.25, 0.3) is 0 Å². The van der Waals surface area contributed by atoms with E-state index in [4.69, 9.17) is 0 Å². The molecule has 1 aromatic rings. The van der Waals surface area contributed by atoms with Crippen LogP contribution in [-0.2, 0) is 11.8 Å². The second-order valence-electron chi connectivity index (χ2n) is 6.51. The highest BCUT2D eigenvalue weighted by atomic mass is 14.8. The Hall–Kier alpha value is -1.08. The lowest BCUT2D eigenvalue weighted by Crippen LogP contribution is -2.29. The van der Waals surface area contributed by atoms with Crippen molar-refractivity contribution in [3.63, 3.8) is 0 Å². The van der Waals surface area contributed by atoms with Crippen LogP contribution in [0.15, 0.2) is 36.9 Å². The van der Waals surface area contributed by atoms with E-state index in [-0.39, 0.29) is 10.8 Å². The van der Waals surface area contributed by atoms with Crippen molar-refractivity contribution in [2.45, 2.75) is 39.5 Å². The standard InChI is InChI=1S/C17H27N/c1-7-17(5,13-18-6)12-14-8-10-15(11-9-14)16(2,3)4/h7-11,18H,1,12-13H2,2-6H3. The van der Waals surface area contributed by atoms with E-state index in [0.29, 0.717) is 0 Å². The zero-order chi connectivity index (χ0) is 13.8. The SMILES string of the molecule is C=CC(C)(CNC)Cc1ccc(C(C)(C)C)cc1. The first kappa shape index (κ1) is 15.0. The lowest BCUT2D eigenvalue weighted by atomic mass is 9.82. The van der Waals surface area contributed by atoms with Crippen molar-refractivity contribution >= 4 is 0 Å². The topological polar surface area (TPSA) is 12.0 Å². The molecule has 1 nitrogen and oxygen atoms in total. The summed E-state index contributed by atoms with van der Waals surface area (Å²) in [6.45, 7) is 13.9. The molecule has 0 amide bonds. The number of nitrogens with one attached hydrogen (secondary N) is 1. The van der Waals surface area contributed by atoms with Crippen LogP contribution in [0.3, 0.4) is 0 Å². The third-order valence-electron chi connectivity index (χ3n) is 3.50. The Morgan fingerprint density at radius 3 is 2.06 bits per heavy atom. The van der Waals surface area contributed by atoms with Crippen molar-refractivity contribution in [3.05, 3.63) is 48.0 Å². The quantitative estimate of drug-likeness (QED) is 0.775. The summed E-state index contributed by atoms with van der Waals surface area (Å²) >= 11 is 0. The minimum Gasteiger partial charge on any atom is -0.319 e. The number of hydrogen-bond donors (Lipinski definition) is 1. The highest BCUT2D eigenvalue weighted by Gasteiger charge is 2.20. The Balaban J connectivity index is 2.83. The van der Waals surface area contributed by atoms with Gasteiger partial charge in [-0.25, -0.2) is 0 Å². The van der Waals surface area contributed by atoms with Gasteiger partial charge in [-0.2, -0.15) is 0 Å². The molecule has 0 saturated carbocycles. The van der Waals surface area contributed by atoms with Gasteiger partial charge in [0.15, 0.2) is 0 Å². The maximum absolute atomic E-state index is 3.96. The van der Waals surface area contributed by atoms with Crippen LogP contribution in [-0.4, -0.2) is 13.6 Å². The molecule has 18 heavy (non-hydrogen) atoms. The van der Waals surface area contributed by atoms with Gasteiger partial charge in [-0.05, 0) is 30.0 Å². The number of hydrogen-bond acceptors (Lipinski definition) is 1. The van der Waals surface area contributed by atoms with Crippen LogP contribution in [0, 0.1) is 5.41 Å². The third-order valence-corrected chi connectivity index (χ3v) is 3.50. The largest absolute Gasteiger partial charge is 0.319 e. The molecule has 0 aliphatic heterocycles. The van der Waals surface area contributed by atoms with E-state index in [1.54, 1.807) is 0 Å². The summed E-state index contributed by atoms with van der Waals surface area (Å²) in [6.07, 6.45) is 3.09. The first-order chi connectivity index (χ1) is 8.30. The van der Waals surface area contributed by atoms with Crippen LogP contribution < -0.4 is 5.32 Å². The van der Waals surface area contributed by atoms with Gasteiger partial charge in [-0.1, -0.05) is 58.0 Å². The predicted octanol–water partition coefficient (Wildman–Crippen LogP) is 3.94. The van der Waals surface area contributed by atoms with Crippen molar-refractivity contribution in [2.24, 2.45) is 5.41 Å². The van der Waals surface area contributed by atoms with Crippen LogP contribution >= 0.6 is 0 Å². The smallest absolute Gasteiger partial charge is 0.00400 e. The first-order valence-electron chi connectivity index (χ1n) is 6.68. The molecule has 0 fully saturated rings. The normalized spacial score (nSPS) is 15.2. The second kappa shape index (κ2) is 5.71. The number of rotatable bonds is 5. The van der Waals surface area contributed by atoms with E-state index in [0.717, 1.165) is 13.0 Å². The van der Waals surface area contributed by atoms with E-state index in [1.807, 2.05) is 7.05 Å². The summed E-state index contributed by atoms with van der Waals surface area (Å²) in [5.74, 6) is 0. The molecule has 0 bridgehead atoms. The van der Waals surface area contributed by atoms with Crippen LogP contribution in [0.1, 0.15) is 38.8 Å². The fraction of sp³-hybridized carbons (Fsp3) is 0.529. The maximum Gasteiger partial charge on any atom is 0.00400 e. The zero-order valence-corrected chi connectivity index (χ0v) is 12.5. The van der Waals surface area contributed by atoms with Gasteiger partial charge in [-0.3, -0.25) is 0 Å². The van der Waals surface area contributed by atoms with Crippen molar-refractivity contribution < 1.29 is 0 Å². The highest BCUT2D eigenvalue weighted by molar-refractivity contribution is 5.28. The van der Waals surface area contributed by atoms with Crippen molar-refractivity contribution in [1.82, 2.24) is 5.32 Å². The minimum absolute atomic E-state index is 0.123. The summed E-state index contributed by atoms with van der Waals surface area (Å²) in [7, 11) is 1.99. The maximum atomic E-state index is 3.96. The average molecular weight is 245 g/mol. The Bertz CT molecular complexity index is 383. The van der Waals surface area contributed by atoms with Gasteiger partial charge in [0, 0.05) is 12.0 Å². The van der Waals surface area contributed by atoms with Crippen LogP contribution in [0.5, 0.6) is 0 Å². The lowest BCUT2D eigenvalue weighted by molar-refractivity contribution is 0.406. The summed E-state index contributed by atoms with van der Waals surface area (Å²) in [5, 5.41) is 3.24. The second-order valence-corrected chi connectivity index (χ2v) is 6.51. The van der Waals surface area contributed by atoms with Crippen molar-refractivity contribution in [3.8, 4) is 0 Å². The van der Waals surface area contributed by atoms with Gasteiger partial charge in [0.1, 0.15) is 0 Å². The average Bonchev–Trinajstić information content (AvgIpc) is 2.29. The Morgan fingerprint density at radius 2 is 1.67 bits per heavy atom. The summed E-state index contributed by atoms with van der Waals surface area (Å²) < 4.78 is 0. The van der Waals surface area contributed by atoms with Gasteiger partial charge < -0.3 is 5.32 Å². The van der Waals surface area contributed by atoms with E-state index >= 15 is 0 Å². The molecule has 0 aliphatic carbocycles. The molecule has 0 aromatic heterocycles. The zero-order valence-electron chi connectivity index (χ0n) is 12.5. The molecule has 1 unspecified atom stereocenters. The van der Waals surface area contributed by atoms with Gasteiger partial charge in [0.2, 0.25) is 0 Å². The molecular formula is C17H27N. The van der Waals surface area contributed by atoms with Gasteiger partial charge in [-0.15, -0.1) is 6.58 Å². The fourth-order valence-corrected chi connectivity index (χ4v) is 2.20. The fourth-order valence-electron chi connectivity index (χ4n) is 2.20. The summed E-state index contributed by atoms with van der Waals surface area (Å²) in [6, 6.07) is 8.99. The molecule has 100 valence electrons. The van der Waals surface area contributed by atoms with E-state index in [2.05, 4.69) is 69.9 Å². The molecule has 1 aromatic carbocycles. The van der Waals surface area contributed by atoms with E-state index in [9.17, 15) is 0 Å². The third kappa shape index (κ3) is 3.99. The highest BCUT2D eigenvalue weighted by Crippen LogP contribution is 2.26. The Morgan fingerprint density at radius 1 is 1.11 bits per heavy atom. The Kier molecular flexibility index (Phi) is 4.75. The monoisotopic (exact) mass is 245 g/mol. The summed E-state index contributed by atoms with van der Waals surface area (Å²) in [5.41, 5.74) is 3.12. The number of benzene rings is 1. The predicted molar refractivity (Wildman–Crippen MR) is 81.1 cm³/mol. The molecule has 1 rings (SSSR count). The lowest BCUT2D eigenvalue weighted by Gasteiger charge is -2.26. The molecule has 1 N–H and O–H groups in total. The molecular weight excluding hydrogens is 218 g/mol. The molecule has 1 atom stereocenters. The van der Waals surface area contributed by atoms with E-state index in [1.165, 1.54) is 11.1 Å². The van der Waals surface area contributed by atoms with Crippen LogP contribution in [0.2, 0.25) is 0 Å². The molecule has 0 saturated heterocycles. The van der Waals surface area contributed by atoms with Gasteiger partial charge in [0.25, 0.3) is 0 Å². The Labute approximate surface area is 112 Å². The van der Waals surface area contributed by atoms with Gasteiger partial charge >= 0.3 is 0 Å². The van der Waals surface area contributed by atoms with Crippen molar-refractivity contribution in [1.29, 1.82) is 0 Å². The molecule has 0 heterocycles. The first-order valence-corrected chi connectivity index (χ1v) is 6.68. The summed E-state index contributed by atoms with van der Waals surface area (Å²) in [4.78, 5) is 0. The van der Waals surface area contributed by atoms with Crippen molar-refractivity contribution in [2.75, 3.05) is 13.6 Å². The minimum atomic E-state index is 0.123.